The summed E-state index contributed by atoms with van der Waals surface area (Å²) in [4.78, 5) is 17.8. The number of nitrogens with two attached hydrogens (primary N) is 1. The number of hydrogen-bond donors (Lipinski definition) is 2. The molecule has 0 fully saturated rings. The van der Waals surface area contributed by atoms with E-state index >= 15 is 0 Å². The highest BCUT2D eigenvalue weighted by Crippen LogP contribution is 2.45. The van der Waals surface area contributed by atoms with E-state index in [1.807, 2.05) is 36.4 Å². The molecule has 9 heteroatoms. The van der Waals surface area contributed by atoms with Crippen LogP contribution in [0.5, 0.6) is 11.5 Å². The molecule has 0 spiro atoms. The lowest BCUT2D eigenvalue weighted by Gasteiger charge is -2.35. The number of allylic oxidation sites excluding steroid dienone is 2. The summed E-state index contributed by atoms with van der Waals surface area (Å²) in [6.07, 6.45) is 1.01. The highest BCUT2D eigenvalue weighted by molar-refractivity contribution is 6.30. The zero-order chi connectivity index (χ0) is 22.4. The van der Waals surface area contributed by atoms with Crippen molar-refractivity contribution in [2.24, 2.45) is 0 Å². The molecule has 2 atom stereocenters. The predicted octanol–water partition coefficient (Wildman–Crippen LogP) is 3.95. The van der Waals surface area contributed by atoms with Gasteiger partial charge in [-0.1, -0.05) is 29.8 Å². The molecule has 0 saturated carbocycles. The van der Waals surface area contributed by atoms with Crippen molar-refractivity contribution in [3.8, 4) is 11.5 Å². The van der Waals surface area contributed by atoms with E-state index in [9.17, 15) is 4.79 Å². The summed E-state index contributed by atoms with van der Waals surface area (Å²) >= 11 is 6.26. The van der Waals surface area contributed by atoms with Gasteiger partial charge in [0.15, 0.2) is 17.3 Å². The monoisotopic (exact) mass is 451 g/mol. The van der Waals surface area contributed by atoms with Crippen LogP contribution in [-0.2, 0) is 4.79 Å². The van der Waals surface area contributed by atoms with Crippen molar-refractivity contribution in [2.45, 2.75) is 24.8 Å². The van der Waals surface area contributed by atoms with Crippen LogP contribution in [0.15, 0.2) is 53.7 Å². The quantitative estimate of drug-likeness (QED) is 0.618. The van der Waals surface area contributed by atoms with E-state index in [2.05, 4.69) is 15.4 Å². The molecule has 8 nitrogen and oxygen atoms in total. The minimum Gasteiger partial charge on any atom is -0.493 e. The Hall–Kier alpha value is -3.52. The van der Waals surface area contributed by atoms with Gasteiger partial charge in [0.25, 0.3) is 0 Å². The first-order chi connectivity index (χ1) is 15.5. The summed E-state index contributed by atoms with van der Waals surface area (Å²) in [6, 6.07) is 12.8. The van der Waals surface area contributed by atoms with E-state index in [1.165, 1.54) is 0 Å². The van der Waals surface area contributed by atoms with E-state index in [-0.39, 0.29) is 17.6 Å². The fraction of sp³-hybridized carbons (Fsp3) is 0.261. The van der Waals surface area contributed by atoms with Gasteiger partial charge in [0, 0.05) is 22.7 Å². The molecule has 2 aliphatic rings. The minimum absolute atomic E-state index is 0.0135. The van der Waals surface area contributed by atoms with Crippen LogP contribution in [0, 0.1) is 0 Å². The number of benzene rings is 2. The van der Waals surface area contributed by atoms with Crippen LogP contribution in [0.25, 0.3) is 0 Å². The fourth-order valence-electron chi connectivity index (χ4n) is 4.56. The number of methoxy groups -OCH3 is 2. The Kier molecular flexibility index (Phi) is 5.01. The molecule has 164 valence electrons. The molecule has 2 heterocycles. The van der Waals surface area contributed by atoms with Crippen LogP contribution in [0.1, 0.15) is 35.9 Å². The van der Waals surface area contributed by atoms with Gasteiger partial charge in [-0.25, -0.2) is 4.68 Å². The van der Waals surface area contributed by atoms with Crippen LogP contribution in [0.4, 0.5) is 11.9 Å². The van der Waals surface area contributed by atoms with E-state index in [4.69, 9.17) is 26.8 Å². The molecule has 1 aliphatic carbocycles. The maximum absolute atomic E-state index is 13.5. The van der Waals surface area contributed by atoms with E-state index in [1.54, 1.807) is 25.0 Å². The molecule has 0 bridgehead atoms. The lowest BCUT2D eigenvalue weighted by Crippen LogP contribution is -2.33. The molecular weight excluding hydrogens is 430 g/mol. The first-order valence-corrected chi connectivity index (χ1v) is 10.6. The summed E-state index contributed by atoms with van der Waals surface area (Å²) in [5.41, 5.74) is 9.25. The van der Waals surface area contributed by atoms with Crippen molar-refractivity contribution in [3.05, 3.63) is 69.9 Å². The summed E-state index contributed by atoms with van der Waals surface area (Å²) in [7, 11) is 3.20. The summed E-state index contributed by atoms with van der Waals surface area (Å²) in [5, 5.41) is 8.23. The number of carbonyl (C=O) groups excluding carboxylic acids is 1. The van der Waals surface area contributed by atoms with Crippen LogP contribution < -0.4 is 20.5 Å². The largest absolute Gasteiger partial charge is 0.493 e. The standard InChI is InChI=1S/C23H22ClN5O3/c1-31-18-7-6-12(11-19(18)32-2)14-9-16-20(17(30)10-14)21(13-4-3-5-15(24)8-13)29-23(26-16)27-22(25)28-29/h3-8,11,14,21H,9-10H2,1-2H3,(H3,25,26,27,28)/t14-,21+/m1/s1. The van der Waals surface area contributed by atoms with Crippen molar-refractivity contribution < 1.29 is 14.3 Å². The zero-order valence-electron chi connectivity index (χ0n) is 17.6. The topological polar surface area (TPSA) is 104 Å². The smallest absolute Gasteiger partial charge is 0.241 e. The third kappa shape index (κ3) is 3.36. The van der Waals surface area contributed by atoms with Crippen molar-refractivity contribution in [2.75, 3.05) is 25.3 Å². The Balaban J connectivity index is 1.58. The number of aromatic nitrogens is 3. The van der Waals surface area contributed by atoms with E-state index in [0.717, 1.165) is 16.8 Å². The number of nitrogens with one attached hydrogen (secondary N) is 1. The molecule has 1 aliphatic heterocycles. The molecule has 5 rings (SSSR count). The van der Waals surface area contributed by atoms with Gasteiger partial charge < -0.3 is 20.5 Å². The van der Waals surface area contributed by atoms with Gasteiger partial charge >= 0.3 is 0 Å². The number of carbonyl (C=O) groups is 1. The summed E-state index contributed by atoms with van der Waals surface area (Å²) in [6.45, 7) is 0. The van der Waals surface area contributed by atoms with Crippen molar-refractivity contribution in [1.82, 2.24) is 14.8 Å². The Morgan fingerprint density at radius 2 is 1.91 bits per heavy atom. The van der Waals surface area contributed by atoms with Crippen LogP contribution in [-0.4, -0.2) is 34.8 Å². The zero-order valence-corrected chi connectivity index (χ0v) is 18.4. The molecule has 3 N–H and O–H groups in total. The molecule has 1 aromatic heterocycles. The average molecular weight is 452 g/mol. The van der Waals surface area contributed by atoms with Gasteiger partial charge in [-0.2, -0.15) is 4.98 Å². The Morgan fingerprint density at radius 1 is 1.09 bits per heavy atom. The normalized spacial score (nSPS) is 19.8. The second-order valence-electron chi connectivity index (χ2n) is 7.86. The third-order valence-corrected chi connectivity index (χ3v) is 6.21. The number of hydrogen-bond acceptors (Lipinski definition) is 7. The van der Waals surface area contributed by atoms with Gasteiger partial charge in [-0.3, -0.25) is 4.79 Å². The highest BCUT2D eigenvalue weighted by atomic mass is 35.5. The number of ketones is 1. The fourth-order valence-corrected chi connectivity index (χ4v) is 4.75. The van der Waals surface area contributed by atoms with Crippen molar-refractivity contribution in [1.29, 1.82) is 0 Å². The van der Waals surface area contributed by atoms with Crippen molar-refractivity contribution in [3.63, 3.8) is 0 Å². The first-order valence-electron chi connectivity index (χ1n) is 10.2. The Bertz CT molecular complexity index is 1250. The number of Topliss-reactive ketones (excluding diaryl/α,β-unsaturated/α-hetero) is 1. The molecule has 3 aromatic rings. The molecule has 0 radical (unpaired) electrons. The lowest BCUT2D eigenvalue weighted by atomic mass is 9.78. The van der Waals surface area contributed by atoms with Crippen molar-refractivity contribution >= 4 is 29.3 Å². The molecular formula is C23H22ClN5O3. The maximum Gasteiger partial charge on any atom is 0.241 e. The van der Waals surface area contributed by atoms with Crippen LogP contribution >= 0.6 is 11.6 Å². The molecule has 0 saturated heterocycles. The lowest BCUT2D eigenvalue weighted by molar-refractivity contribution is -0.116. The summed E-state index contributed by atoms with van der Waals surface area (Å²) < 4.78 is 12.5. The van der Waals surface area contributed by atoms with Gasteiger partial charge in [0.2, 0.25) is 11.9 Å². The van der Waals surface area contributed by atoms with Crippen LogP contribution in [0.2, 0.25) is 5.02 Å². The highest BCUT2D eigenvalue weighted by Gasteiger charge is 2.39. The number of anilines is 2. The number of halogens is 1. The number of fused-ring (bicyclic) bond motifs is 1. The second kappa shape index (κ2) is 7.87. The Morgan fingerprint density at radius 3 is 2.66 bits per heavy atom. The molecule has 32 heavy (non-hydrogen) atoms. The number of nitrogen functional groups attached to an aromatic ring is 1. The molecule has 2 aromatic carbocycles. The minimum atomic E-state index is -0.441. The average Bonchev–Trinajstić information content (AvgIpc) is 3.16. The third-order valence-electron chi connectivity index (χ3n) is 5.98. The van der Waals surface area contributed by atoms with Gasteiger partial charge in [0.1, 0.15) is 6.04 Å². The van der Waals surface area contributed by atoms with Crippen LogP contribution in [0.3, 0.4) is 0 Å². The summed E-state index contributed by atoms with van der Waals surface area (Å²) in [5.74, 6) is 1.97. The Labute approximate surface area is 190 Å². The maximum atomic E-state index is 13.5. The first kappa shape index (κ1) is 20.4. The SMILES string of the molecule is COc1ccc([C@H]2CC(=O)C3=C(C2)Nc2nc(N)nn2[C@H]3c2cccc(Cl)c2)cc1OC. The van der Waals surface area contributed by atoms with Gasteiger partial charge in [-0.05, 0) is 47.7 Å². The molecule has 0 amide bonds. The van der Waals surface area contributed by atoms with E-state index < -0.39 is 6.04 Å². The number of nitrogens with zero attached hydrogens (tertiary/aromatic N) is 3. The predicted molar refractivity (Wildman–Crippen MR) is 121 cm³/mol. The van der Waals surface area contributed by atoms with E-state index in [0.29, 0.717) is 40.9 Å². The number of ether oxygens (including phenoxy) is 2. The second-order valence-corrected chi connectivity index (χ2v) is 8.29. The molecule has 0 unspecified atom stereocenters. The van der Waals surface area contributed by atoms with Gasteiger partial charge in [0.05, 0.1) is 14.2 Å². The van der Waals surface area contributed by atoms with Gasteiger partial charge in [-0.15, -0.1) is 5.10 Å². The number of rotatable bonds is 4.